The number of aryl methyl sites for hydroxylation is 1. The summed E-state index contributed by atoms with van der Waals surface area (Å²) in [7, 11) is 0. The summed E-state index contributed by atoms with van der Waals surface area (Å²) in [5, 5.41) is 9.48. The van der Waals surface area contributed by atoms with Gasteiger partial charge in [0.25, 0.3) is 5.91 Å². The molecule has 3 N–H and O–H groups in total. The van der Waals surface area contributed by atoms with Crippen LogP contribution in [0.2, 0.25) is 0 Å². The van der Waals surface area contributed by atoms with Gasteiger partial charge in [0, 0.05) is 11.5 Å². The topological polar surface area (TPSA) is 120 Å². The predicted molar refractivity (Wildman–Crippen MR) is 51.3 cm³/mol. The monoisotopic (exact) mass is 226 g/mol. The van der Waals surface area contributed by atoms with E-state index >= 15 is 0 Å². The molecule has 0 fully saturated rings. The normalized spacial score (nSPS) is 10.2. The average molecular weight is 226 g/mol. The fourth-order valence-electron chi connectivity index (χ4n) is 0.857. The number of nitrogen functional groups attached to an aromatic ring is 1. The summed E-state index contributed by atoms with van der Waals surface area (Å²) in [6, 6.07) is 0. The van der Waals surface area contributed by atoms with E-state index in [0.29, 0.717) is 11.0 Å². The van der Waals surface area contributed by atoms with Crippen LogP contribution in [0.25, 0.3) is 0 Å². The van der Waals surface area contributed by atoms with Crippen LogP contribution in [0, 0.1) is 6.92 Å². The summed E-state index contributed by atoms with van der Waals surface area (Å²) < 4.78 is 8.19. The van der Waals surface area contributed by atoms with Gasteiger partial charge in [-0.2, -0.15) is 4.37 Å². The smallest absolute Gasteiger partial charge is 0.283 e. The van der Waals surface area contributed by atoms with Gasteiger partial charge in [0.2, 0.25) is 16.6 Å². The molecule has 2 aromatic rings. The molecule has 0 unspecified atom stereocenters. The third-order valence-corrected chi connectivity index (χ3v) is 2.20. The number of hydrogen-bond acceptors (Lipinski definition) is 8. The summed E-state index contributed by atoms with van der Waals surface area (Å²) in [5.74, 6) is 0.000173. The van der Waals surface area contributed by atoms with E-state index in [1.807, 2.05) is 0 Å². The van der Waals surface area contributed by atoms with Crippen LogP contribution in [0.3, 0.4) is 0 Å². The second-order valence-electron chi connectivity index (χ2n) is 2.60. The van der Waals surface area contributed by atoms with E-state index in [0.717, 1.165) is 11.5 Å². The summed E-state index contributed by atoms with van der Waals surface area (Å²) in [5.41, 5.74) is 5.27. The molecule has 0 radical (unpaired) electrons. The number of carbonyl (C=O) groups excluding carboxylic acids is 1. The number of amides is 1. The molecule has 2 rings (SSSR count). The Hall–Kier alpha value is -2.03. The number of carbonyl (C=O) groups is 1. The van der Waals surface area contributed by atoms with Crippen molar-refractivity contribution in [1.29, 1.82) is 0 Å². The van der Waals surface area contributed by atoms with Gasteiger partial charge < -0.3 is 5.73 Å². The van der Waals surface area contributed by atoms with Gasteiger partial charge >= 0.3 is 0 Å². The Bertz CT molecular complexity index is 491. The first-order chi connectivity index (χ1) is 7.16. The number of nitrogens with one attached hydrogen (secondary N) is 1. The average Bonchev–Trinajstić information content (AvgIpc) is 2.75. The van der Waals surface area contributed by atoms with E-state index in [-0.39, 0.29) is 11.5 Å². The molecule has 0 aromatic carbocycles. The molecule has 0 aliphatic heterocycles. The lowest BCUT2D eigenvalue weighted by Gasteiger charge is -1.95. The lowest BCUT2D eigenvalue weighted by Crippen LogP contribution is -2.14. The maximum Gasteiger partial charge on any atom is 0.283 e. The number of aromatic nitrogens is 4. The molecule has 78 valence electrons. The van der Waals surface area contributed by atoms with E-state index in [1.165, 1.54) is 0 Å². The van der Waals surface area contributed by atoms with Gasteiger partial charge in [0.1, 0.15) is 5.82 Å². The van der Waals surface area contributed by atoms with E-state index in [9.17, 15) is 4.79 Å². The van der Waals surface area contributed by atoms with Gasteiger partial charge in [-0.3, -0.25) is 10.1 Å². The molecule has 2 heterocycles. The molecule has 15 heavy (non-hydrogen) atoms. The zero-order chi connectivity index (χ0) is 10.8. The molecule has 8 nitrogen and oxygen atoms in total. The van der Waals surface area contributed by atoms with Gasteiger partial charge in [-0.05, 0) is 17.2 Å². The Morgan fingerprint density at radius 3 is 2.87 bits per heavy atom. The van der Waals surface area contributed by atoms with Gasteiger partial charge in [-0.25, -0.2) is 9.61 Å². The standard InChI is InChI=1S/C6H6N6O2S/c1-2-8-6(15-12-2)9-5(13)3-4(7)11-14-10-3/h1H3,(H2,7,11)(H,8,9,12,13). The highest BCUT2D eigenvalue weighted by atomic mass is 32.1. The van der Waals surface area contributed by atoms with Crippen LogP contribution in [0.4, 0.5) is 10.9 Å². The first-order valence-corrected chi connectivity index (χ1v) is 4.64. The molecule has 2 aromatic heterocycles. The van der Waals surface area contributed by atoms with Crippen molar-refractivity contribution in [3.05, 3.63) is 11.5 Å². The van der Waals surface area contributed by atoms with Crippen LogP contribution in [-0.4, -0.2) is 25.6 Å². The Balaban J connectivity index is 2.14. The molecule has 0 spiro atoms. The lowest BCUT2D eigenvalue weighted by molar-refractivity contribution is 0.101. The lowest BCUT2D eigenvalue weighted by atomic mass is 10.4. The number of hydrogen-bond donors (Lipinski definition) is 2. The highest BCUT2D eigenvalue weighted by molar-refractivity contribution is 7.09. The summed E-state index contributed by atoms with van der Waals surface area (Å²) in [4.78, 5) is 15.4. The first-order valence-electron chi connectivity index (χ1n) is 3.86. The highest BCUT2D eigenvalue weighted by Gasteiger charge is 2.17. The largest absolute Gasteiger partial charge is 0.379 e. The summed E-state index contributed by atoms with van der Waals surface area (Å²) in [6.45, 7) is 1.72. The summed E-state index contributed by atoms with van der Waals surface area (Å²) in [6.07, 6.45) is 0. The first kappa shape index (κ1) is 9.52. The van der Waals surface area contributed by atoms with Crippen molar-refractivity contribution in [1.82, 2.24) is 19.7 Å². The molecule has 0 aliphatic carbocycles. The van der Waals surface area contributed by atoms with Crippen LogP contribution in [0.5, 0.6) is 0 Å². The minimum Gasteiger partial charge on any atom is -0.379 e. The van der Waals surface area contributed by atoms with Crippen LogP contribution < -0.4 is 11.1 Å². The molecule has 0 aliphatic rings. The minimum atomic E-state index is -0.523. The van der Waals surface area contributed by atoms with Crippen molar-refractivity contribution in [2.45, 2.75) is 6.92 Å². The fourth-order valence-corrected chi connectivity index (χ4v) is 1.43. The molecule has 0 atom stereocenters. The van der Waals surface area contributed by atoms with Crippen molar-refractivity contribution in [3.8, 4) is 0 Å². The van der Waals surface area contributed by atoms with Gasteiger partial charge in [-0.1, -0.05) is 0 Å². The van der Waals surface area contributed by atoms with E-state index in [4.69, 9.17) is 5.73 Å². The molecular weight excluding hydrogens is 220 g/mol. The van der Waals surface area contributed by atoms with E-state index in [1.54, 1.807) is 6.92 Å². The van der Waals surface area contributed by atoms with Crippen LogP contribution in [-0.2, 0) is 0 Å². The molecule has 0 saturated heterocycles. The van der Waals surface area contributed by atoms with Crippen LogP contribution in [0.1, 0.15) is 16.3 Å². The van der Waals surface area contributed by atoms with Crippen molar-refractivity contribution in [3.63, 3.8) is 0 Å². The maximum absolute atomic E-state index is 11.5. The summed E-state index contributed by atoms with van der Waals surface area (Å²) >= 11 is 1.07. The number of nitrogens with zero attached hydrogens (tertiary/aromatic N) is 4. The van der Waals surface area contributed by atoms with Gasteiger partial charge in [0.05, 0.1) is 0 Å². The highest BCUT2D eigenvalue weighted by Crippen LogP contribution is 2.12. The van der Waals surface area contributed by atoms with Gasteiger partial charge in [0.15, 0.2) is 0 Å². The zero-order valence-corrected chi connectivity index (χ0v) is 8.41. The Morgan fingerprint density at radius 1 is 1.53 bits per heavy atom. The zero-order valence-electron chi connectivity index (χ0n) is 7.59. The van der Waals surface area contributed by atoms with Crippen LogP contribution >= 0.6 is 11.5 Å². The quantitative estimate of drug-likeness (QED) is 0.742. The Kier molecular flexibility index (Phi) is 2.29. The van der Waals surface area contributed by atoms with Crippen LogP contribution in [0.15, 0.2) is 4.63 Å². The molecule has 0 saturated carbocycles. The molecule has 9 heteroatoms. The van der Waals surface area contributed by atoms with Crippen molar-refractivity contribution >= 4 is 28.4 Å². The maximum atomic E-state index is 11.5. The number of nitrogens with two attached hydrogens (primary N) is 1. The van der Waals surface area contributed by atoms with Crippen molar-refractivity contribution in [2.24, 2.45) is 0 Å². The second kappa shape index (κ2) is 3.61. The molecule has 0 bridgehead atoms. The number of anilines is 2. The Morgan fingerprint density at radius 2 is 2.33 bits per heavy atom. The van der Waals surface area contributed by atoms with E-state index in [2.05, 4.69) is 29.6 Å². The number of rotatable bonds is 2. The predicted octanol–water partition coefficient (Wildman–Crippen LogP) is 0.0640. The van der Waals surface area contributed by atoms with E-state index < -0.39 is 5.91 Å². The fraction of sp³-hybridized carbons (Fsp3) is 0.167. The molecule has 1 amide bonds. The third-order valence-electron chi connectivity index (χ3n) is 1.48. The SMILES string of the molecule is Cc1nsc(NC(=O)c2nonc2N)n1. The van der Waals surface area contributed by atoms with Crippen molar-refractivity contribution in [2.75, 3.05) is 11.1 Å². The minimum absolute atomic E-state index is 0.0614. The van der Waals surface area contributed by atoms with Crippen molar-refractivity contribution < 1.29 is 9.42 Å². The second-order valence-corrected chi connectivity index (χ2v) is 3.35. The van der Waals surface area contributed by atoms with Gasteiger partial charge in [-0.15, -0.1) is 0 Å². The Labute approximate surface area is 87.6 Å². The third kappa shape index (κ3) is 1.91. The molecular formula is C6H6N6O2S.